The normalized spacial score (nSPS) is 25.1. The summed E-state index contributed by atoms with van der Waals surface area (Å²) in [6.07, 6.45) is 7.27. The van der Waals surface area contributed by atoms with Crippen LogP contribution in [0.4, 0.5) is 0 Å². The molecule has 3 rings (SSSR count). The molecule has 0 aromatic carbocycles. The number of fused-ring (bicyclic) bond motifs is 1. The van der Waals surface area contributed by atoms with Gasteiger partial charge >= 0.3 is 0 Å². The first kappa shape index (κ1) is 12.2. The Hall–Kier alpha value is -0.840. The Balaban J connectivity index is 1.59. The van der Waals surface area contributed by atoms with Crippen LogP contribution in [0.15, 0.2) is 12.4 Å². The molecule has 0 bridgehead atoms. The lowest BCUT2D eigenvalue weighted by Crippen LogP contribution is -2.38. The van der Waals surface area contributed by atoms with Gasteiger partial charge in [0.15, 0.2) is 0 Å². The van der Waals surface area contributed by atoms with Crippen LogP contribution in [0.2, 0.25) is 0 Å². The van der Waals surface area contributed by atoms with E-state index >= 15 is 0 Å². The van der Waals surface area contributed by atoms with Crippen molar-refractivity contribution in [3.8, 4) is 0 Å². The minimum absolute atomic E-state index is 0.238. The number of hydrogen-bond acceptors (Lipinski definition) is 3. The van der Waals surface area contributed by atoms with Gasteiger partial charge in [0.05, 0.1) is 19.3 Å². The van der Waals surface area contributed by atoms with Crippen LogP contribution in [0.3, 0.4) is 0 Å². The van der Waals surface area contributed by atoms with Crippen LogP contribution < -0.4 is 0 Å². The number of morpholine rings is 1. The van der Waals surface area contributed by atoms with Gasteiger partial charge < -0.3 is 14.4 Å². The number of aromatic nitrogens is 1. The molecule has 0 saturated carbocycles. The van der Waals surface area contributed by atoms with Crippen LogP contribution in [0.25, 0.3) is 0 Å². The molecule has 1 aliphatic heterocycles. The molecule has 0 amide bonds. The summed E-state index contributed by atoms with van der Waals surface area (Å²) in [6.45, 7) is 5.90. The van der Waals surface area contributed by atoms with E-state index in [9.17, 15) is 5.11 Å². The van der Waals surface area contributed by atoms with Crippen molar-refractivity contribution in [2.75, 3.05) is 32.8 Å². The fraction of sp³-hybridized carbons (Fsp3) is 0.714. The number of nitrogens with zero attached hydrogens (tertiary/aromatic N) is 2. The highest BCUT2D eigenvalue weighted by Crippen LogP contribution is 2.30. The molecule has 1 aromatic heterocycles. The van der Waals surface area contributed by atoms with E-state index in [1.807, 2.05) is 0 Å². The quantitative estimate of drug-likeness (QED) is 0.875. The SMILES string of the molecule is OC1CCCc2cn(CCN3CCOCC3)cc21. The number of ether oxygens (including phenoxy) is 1. The average molecular weight is 250 g/mol. The molecule has 1 aromatic rings. The van der Waals surface area contributed by atoms with Gasteiger partial charge in [-0.3, -0.25) is 4.90 Å². The van der Waals surface area contributed by atoms with E-state index in [0.29, 0.717) is 0 Å². The molecule has 1 fully saturated rings. The highest BCUT2D eigenvalue weighted by atomic mass is 16.5. The highest BCUT2D eigenvalue weighted by Gasteiger charge is 2.20. The summed E-state index contributed by atoms with van der Waals surface area (Å²) < 4.78 is 7.60. The van der Waals surface area contributed by atoms with Gasteiger partial charge in [0.2, 0.25) is 0 Å². The van der Waals surface area contributed by atoms with Crippen LogP contribution in [0.1, 0.15) is 30.1 Å². The molecule has 18 heavy (non-hydrogen) atoms. The second kappa shape index (κ2) is 5.43. The highest BCUT2D eigenvalue weighted by molar-refractivity contribution is 5.28. The van der Waals surface area contributed by atoms with Crippen LogP contribution in [-0.2, 0) is 17.7 Å². The van der Waals surface area contributed by atoms with E-state index in [-0.39, 0.29) is 6.10 Å². The van der Waals surface area contributed by atoms with Gasteiger partial charge in [-0.2, -0.15) is 0 Å². The van der Waals surface area contributed by atoms with Crippen LogP contribution in [0.5, 0.6) is 0 Å². The summed E-state index contributed by atoms with van der Waals surface area (Å²) in [7, 11) is 0. The minimum atomic E-state index is -0.238. The van der Waals surface area contributed by atoms with Gasteiger partial charge in [-0.1, -0.05) is 0 Å². The van der Waals surface area contributed by atoms with Gasteiger partial charge in [0.1, 0.15) is 0 Å². The summed E-state index contributed by atoms with van der Waals surface area (Å²) in [4.78, 5) is 2.44. The van der Waals surface area contributed by atoms with Crippen molar-refractivity contribution >= 4 is 0 Å². The summed E-state index contributed by atoms with van der Waals surface area (Å²) >= 11 is 0. The Kier molecular flexibility index (Phi) is 3.68. The lowest BCUT2D eigenvalue weighted by Gasteiger charge is -2.26. The lowest BCUT2D eigenvalue weighted by atomic mass is 9.93. The molecule has 1 unspecified atom stereocenters. The molecule has 100 valence electrons. The Labute approximate surface area is 108 Å². The van der Waals surface area contributed by atoms with Crippen LogP contribution in [0, 0.1) is 0 Å². The molecule has 1 atom stereocenters. The number of aryl methyl sites for hydroxylation is 1. The molecule has 2 heterocycles. The number of aliphatic hydroxyl groups is 1. The van der Waals surface area contributed by atoms with Crippen molar-refractivity contribution in [3.05, 3.63) is 23.5 Å². The molecule has 2 aliphatic rings. The Morgan fingerprint density at radius 1 is 1.22 bits per heavy atom. The van der Waals surface area contributed by atoms with E-state index in [2.05, 4.69) is 21.9 Å². The third kappa shape index (κ3) is 2.60. The largest absolute Gasteiger partial charge is 0.388 e. The van der Waals surface area contributed by atoms with Gasteiger partial charge in [-0.25, -0.2) is 0 Å². The maximum absolute atomic E-state index is 9.95. The molecular formula is C14H22N2O2. The second-order valence-corrected chi connectivity index (χ2v) is 5.34. The first-order chi connectivity index (χ1) is 8.83. The van der Waals surface area contributed by atoms with Crippen molar-refractivity contribution in [1.82, 2.24) is 9.47 Å². The molecular weight excluding hydrogens is 228 g/mol. The standard InChI is InChI=1S/C14H22N2O2/c17-14-3-1-2-12-10-16(11-13(12)14)5-4-15-6-8-18-9-7-15/h10-11,14,17H,1-9H2. The van der Waals surface area contributed by atoms with E-state index in [4.69, 9.17) is 4.74 Å². The number of hydrogen-bond donors (Lipinski definition) is 1. The predicted molar refractivity (Wildman–Crippen MR) is 69.6 cm³/mol. The minimum Gasteiger partial charge on any atom is -0.388 e. The van der Waals surface area contributed by atoms with Gasteiger partial charge in [-0.15, -0.1) is 0 Å². The van der Waals surface area contributed by atoms with Crippen molar-refractivity contribution in [2.45, 2.75) is 31.9 Å². The predicted octanol–water partition coefficient (Wildman–Crippen LogP) is 1.19. The molecule has 4 nitrogen and oxygen atoms in total. The third-order valence-corrected chi connectivity index (χ3v) is 4.06. The molecule has 0 spiro atoms. The summed E-state index contributed by atoms with van der Waals surface area (Å²) in [6, 6.07) is 0. The fourth-order valence-corrected chi connectivity index (χ4v) is 2.93. The van der Waals surface area contributed by atoms with Gasteiger partial charge in [-0.05, 0) is 24.8 Å². The van der Waals surface area contributed by atoms with Crippen molar-refractivity contribution in [2.24, 2.45) is 0 Å². The summed E-state index contributed by atoms with van der Waals surface area (Å²) in [5.74, 6) is 0. The smallest absolute Gasteiger partial charge is 0.0807 e. The Bertz CT molecular complexity index is 396. The van der Waals surface area contributed by atoms with E-state index in [1.54, 1.807) is 0 Å². The maximum atomic E-state index is 9.95. The summed E-state index contributed by atoms with van der Waals surface area (Å²) in [5.41, 5.74) is 2.50. The molecule has 4 heteroatoms. The second-order valence-electron chi connectivity index (χ2n) is 5.34. The van der Waals surface area contributed by atoms with Crippen LogP contribution >= 0.6 is 0 Å². The lowest BCUT2D eigenvalue weighted by molar-refractivity contribution is 0.0364. The number of rotatable bonds is 3. The van der Waals surface area contributed by atoms with E-state index in [0.717, 1.165) is 64.2 Å². The van der Waals surface area contributed by atoms with Gasteiger partial charge in [0, 0.05) is 44.1 Å². The van der Waals surface area contributed by atoms with Crippen molar-refractivity contribution < 1.29 is 9.84 Å². The Morgan fingerprint density at radius 3 is 2.83 bits per heavy atom. The van der Waals surface area contributed by atoms with E-state index in [1.165, 1.54) is 5.56 Å². The summed E-state index contributed by atoms with van der Waals surface area (Å²) in [5, 5.41) is 9.95. The van der Waals surface area contributed by atoms with E-state index < -0.39 is 0 Å². The number of aliphatic hydroxyl groups excluding tert-OH is 1. The molecule has 1 saturated heterocycles. The Morgan fingerprint density at radius 2 is 2.06 bits per heavy atom. The zero-order chi connectivity index (χ0) is 12.4. The zero-order valence-corrected chi connectivity index (χ0v) is 10.8. The first-order valence-electron chi connectivity index (χ1n) is 6.99. The maximum Gasteiger partial charge on any atom is 0.0807 e. The molecule has 1 aliphatic carbocycles. The fourth-order valence-electron chi connectivity index (χ4n) is 2.93. The van der Waals surface area contributed by atoms with Crippen molar-refractivity contribution in [1.29, 1.82) is 0 Å². The molecule has 0 radical (unpaired) electrons. The topological polar surface area (TPSA) is 37.6 Å². The monoisotopic (exact) mass is 250 g/mol. The first-order valence-corrected chi connectivity index (χ1v) is 6.99. The van der Waals surface area contributed by atoms with Crippen LogP contribution in [-0.4, -0.2) is 47.4 Å². The van der Waals surface area contributed by atoms with Gasteiger partial charge in [0.25, 0.3) is 0 Å². The van der Waals surface area contributed by atoms with Crippen molar-refractivity contribution in [3.63, 3.8) is 0 Å². The third-order valence-electron chi connectivity index (χ3n) is 4.06. The molecule has 1 N–H and O–H groups in total. The zero-order valence-electron chi connectivity index (χ0n) is 10.8. The average Bonchev–Trinajstić information content (AvgIpc) is 2.82.